The summed E-state index contributed by atoms with van der Waals surface area (Å²) in [6.45, 7) is 1.63. The van der Waals surface area contributed by atoms with Crippen molar-refractivity contribution in [3.8, 4) is 5.75 Å². The van der Waals surface area contributed by atoms with Gasteiger partial charge in [-0.3, -0.25) is 0 Å². The lowest BCUT2D eigenvalue weighted by Crippen LogP contribution is -2.10. The Morgan fingerprint density at radius 2 is 2.21 bits per heavy atom. The smallest absolute Gasteiger partial charge is 0.183 e. The molecule has 1 N–H and O–H groups in total. The summed E-state index contributed by atoms with van der Waals surface area (Å²) in [6, 6.07) is 8.04. The average Bonchev–Trinajstić information content (AvgIpc) is 2.83. The summed E-state index contributed by atoms with van der Waals surface area (Å²) in [5.41, 5.74) is 2.28. The van der Waals surface area contributed by atoms with Gasteiger partial charge >= 0.3 is 0 Å². The Morgan fingerprint density at radius 1 is 1.37 bits per heavy atom. The van der Waals surface area contributed by atoms with Crippen LogP contribution in [0.4, 0.5) is 5.13 Å². The van der Waals surface area contributed by atoms with Crippen molar-refractivity contribution < 1.29 is 4.74 Å². The Bertz CT molecular complexity index is 525. The third kappa shape index (κ3) is 4.22. The van der Waals surface area contributed by atoms with Crippen LogP contribution in [0.1, 0.15) is 11.3 Å². The fourth-order valence-electron chi connectivity index (χ4n) is 1.74. The molecule has 0 aliphatic rings. The lowest BCUT2D eigenvalue weighted by atomic mass is 10.2. The summed E-state index contributed by atoms with van der Waals surface area (Å²) in [5, 5.41) is 6.39. The van der Waals surface area contributed by atoms with E-state index in [1.54, 1.807) is 18.4 Å². The van der Waals surface area contributed by atoms with Gasteiger partial charge in [0.2, 0.25) is 0 Å². The van der Waals surface area contributed by atoms with Crippen molar-refractivity contribution in [1.82, 2.24) is 9.88 Å². The third-order valence-electron chi connectivity index (χ3n) is 2.61. The van der Waals surface area contributed by atoms with Gasteiger partial charge in [0, 0.05) is 18.5 Å². The minimum atomic E-state index is 0.756. The highest BCUT2D eigenvalue weighted by atomic mass is 32.1. The van der Waals surface area contributed by atoms with Crippen LogP contribution < -0.4 is 10.1 Å². The summed E-state index contributed by atoms with van der Waals surface area (Å²) in [4.78, 5) is 6.65. The Labute approximate surface area is 118 Å². The van der Waals surface area contributed by atoms with Crippen LogP contribution in [0.25, 0.3) is 0 Å². The average molecular weight is 277 g/mol. The number of thiazole rings is 1. The molecule has 2 rings (SSSR count). The molecule has 19 heavy (non-hydrogen) atoms. The molecule has 0 bridgehead atoms. The fourth-order valence-corrected chi connectivity index (χ4v) is 2.45. The molecule has 0 amide bonds. The Hall–Kier alpha value is -1.59. The predicted molar refractivity (Wildman–Crippen MR) is 79.8 cm³/mol. The highest BCUT2D eigenvalue weighted by Gasteiger charge is 2.03. The fraction of sp³-hybridized carbons (Fsp3) is 0.357. The maximum atomic E-state index is 5.21. The van der Waals surface area contributed by atoms with Gasteiger partial charge in [0.05, 0.1) is 12.8 Å². The number of hydrogen-bond donors (Lipinski definition) is 1. The second-order valence-corrected chi connectivity index (χ2v) is 5.44. The highest BCUT2D eigenvalue weighted by Crippen LogP contribution is 2.18. The second kappa shape index (κ2) is 6.54. The highest BCUT2D eigenvalue weighted by molar-refractivity contribution is 7.13. The molecule has 1 aromatic heterocycles. The lowest BCUT2D eigenvalue weighted by Gasteiger charge is -2.06. The molecule has 0 aliphatic carbocycles. The Kier molecular flexibility index (Phi) is 4.76. The van der Waals surface area contributed by atoms with Gasteiger partial charge in [0.25, 0.3) is 0 Å². The minimum absolute atomic E-state index is 0.756. The number of hydrogen-bond acceptors (Lipinski definition) is 5. The zero-order valence-electron chi connectivity index (χ0n) is 11.5. The summed E-state index contributed by atoms with van der Waals surface area (Å²) >= 11 is 1.64. The molecule has 0 spiro atoms. The zero-order chi connectivity index (χ0) is 13.7. The van der Waals surface area contributed by atoms with Crippen LogP contribution in [0.3, 0.4) is 0 Å². The van der Waals surface area contributed by atoms with E-state index in [1.165, 1.54) is 5.56 Å². The van der Waals surface area contributed by atoms with Crippen LogP contribution in [0.5, 0.6) is 5.75 Å². The maximum Gasteiger partial charge on any atom is 0.183 e. The topological polar surface area (TPSA) is 37.4 Å². The molecule has 4 nitrogen and oxygen atoms in total. The number of ether oxygens (including phenoxy) is 1. The molecule has 0 saturated heterocycles. The monoisotopic (exact) mass is 277 g/mol. The standard InChI is InChI=1S/C14H19N3OS/c1-17(2)9-12-10-19-14(16-12)15-8-11-5-4-6-13(7-11)18-3/h4-7,10H,8-9H2,1-3H3,(H,15,16). The van der Waals surface area contributed by atoms with Gasteiger partial charge in [0.15, 0.2) is 5.13 Å². The summed E-state index contributed by atoms with van der Waals surface area (Å²) in [7, 11) is 5.77. The van der Waals surface area contributed by atoms with Crippen LogP contribution in [-0.4, -0.2) is 31.1 Å². The first-order valence-electron chi connectivity index (χ1n) is 6.13. The van der Waals surface area contributed by atoms with Crippen molar-refractivity contribution in [3.05, 3.63) is 40.9 Å². The van der Waals surface area contributed by atoms with Gasteiger partial charge in [-0.05, 0) is 31.8 Å². The summed E-state index contributed by atoms with van der Waals surface area (Å²) in [5.74, 6) is 0.881. The van der Waals surface area contributed by atoms with Crippen molar-refractivity contribution in [2.45, 2.75) is 13.1 Å². The van der Waals surface area contributed by atoms with Crippen LogP contribution in [0.2, 0.25) is 0 Å². The van der Waals surface area contributed by atoms with Gasteiger partial charge in [0.1, 0.15) is 5.75 Å². The quantitative estimate of drug-likeness (QED) is 0.881. The third-order valence-corrected chi connectivity index (χ3v) is 3.46. The van der Waals surface area contributed by atoms with E-state index in [4.69, 9.17) is 4.74 Å². The number of rotatable bonds is 6. The molecule has 0 atom stereocenters. The SMILES string of the molecule is COc1cccc(CNc2nc(CN(C)C)cs2)c1. The molecule has 0 saturated carbocycles. The number of aromatic nitrogens is 1. The molecule has 0 fully saturated rings. The van der Waals surface area contributed by atoms with E-state index in [2.05, 4.69) is 26.6 Å². The van der Waals surface area contributed by atoms with E-state index < -0.39 is 0 Å². The zero-order valence-corrected chi connectivity index (χ0v) is 12.3. The first-order chi connectivity index (χ1) is 9.17. The van der Waals surface area contributed by atoms with E-state index in [-0.39, 0.29) is 0 Å². The molecule has 5 heteroatoms. The van der Waals surface area contributed by atoms with Crippen LogP contribution in [0, 0.1) is 0 Å². The molecule has 2 aromatic rings. The van der Waals surface area contributed by atoms with Crippen molar-refractivity contribution >= 4 is 16.5 Å². The number of nitrogens with zero attached hydrogens (tertiary/aromatic N) is 2. The molecule has 1 aromatic carbocycles. The lowest BCUT2D eigenvalue weighted by molar-refractivity contribution is 0.398. The number of benzene rings is 1. The first-order valence-corrected chi connectivity index (χ1v) is 7.01. The molecular formula is C14H19N3OS. The van der Waals surface area contributed by atoms with Crippen LogP contribution in [0.15, 0.2) is 29.6 Å². The van der Waals surface area contributed by atoms with E-state index in [9.17, 15) is 0 Å². The van der Waals surface area contributed by atoms with Crippen molar-refractivity contribution in [1.29, 1.82) is 0 Å². The maximum absolute atomic E-state index is 5.21. The van der Waals surface area contributed by atoms with Crippen molar-refractivity contribution in [3.63, 3.8) is 0 Å². The summed E-state index contributed by atoms with van der Waals surface area (Å²) in [6.07, 6.45) is 0. The Morgan fingerprint density at radius 3 is 2.95 bits per heavy atom. The molecular weight excluding hydrogens is 258 g/mol. The number of methoxy groups -OCH3 is 1. The van der Waals surface area contributed by atoms with Crippen molar-refractivity contribution in [2.24, 2.45) is 0 Å². The minimum Gasteiger partial charge on any atom is -0.497 e. The van der Waals surface area contributed by atoms with Crippen LogP contribution in [-0.2, 0) is 13.1 Å². The van der Waals surface area contributed by atoms with Gasteiger partial charge in [-0.15, -0.1) is 11.3 Å². The molecule has 0 unspecified atom stereocenters. The van der Waals surface area contributed by atoms with E-state index >= 15 is 0 Å². The van der Waals surface area contributed by atoms with E-state index in [0.29, 0.717) is 0 Å². The number of anilines is 1. The van der Waals surface area contributed by atoms with Gasteiger partial charge in [-0.25, -0.2) is 4.98 Å². The second-order valence-electron chi connectivity index (χ2n) is 4.59. The van der Waals surface area contributed by atoms with E-state index in [1.807, 2.05) is 32.3 Å². The van der Waals surface area contributed by atoms with Gasteiger partial charge < -0.3 is 15.0 Å². The summed E-state index contributed by atoms with van der Waals surface area (Å²) < 4.78 is 5.21. The first kappa shape index (κ1) is 13.8. The van der Waals surface area contributed by atoms with Gasteiger partial charge in [-0.2, -0.15) is 0 Å². The molecule has 102 valence electrons. The molecule has 0 radical (unpaired) electrons. The largest absolute Gasteiger partial charge is 0.497 e. The van der Waals surface area contributed by atoms with Crippen molar-refractivity contribution in [2.75, 3.05) is 26.5 Å². The molecule has 1 heterocycles. The predicted octanol–water partition coefficient (Wildman–Crippen LogP) is 2.83. The van der Waals surface area contributed by atoms with E-state index in [0.717, 1.165) is 29.7 Å². The van der Waals surface area contributed by atoms with Gasteiger partial charge in [-0.1, -0.05) is 12.1 Å². The Balaban J connectivity index is 1.92. The number of nitrogens with one attached hydrogen (secondary N) is 1. The van der Waals surface area contributed by atoms with Crippen LogP contribution >= 0.6 is 11.3 Å². The normalized spacial score (nSPS) is 10.7. The molecule has 0 aliphatic heterocycles.